The fourth-order valence-corrected chi connectivity index (χ4v) is 2.08. The molecule has 0 bridgehead atoms. The third kappa shape index (κ3) is 4.47. The van der Waals surface area contributed by atoms with Gasteiger partial charge in [-0.1, -0.05) is 18.2 Å². The van der Waals surface area contributed by atoms with E-state index in [0.717, 1.165) is 44.8 Å². The van der Waals surface area contributed by atoms with Crippen molar-refractivity contribution in [3.05, 3.63) is 30.3 Å². The average molecular weight is 246 g/mol. The number of rotatable bonds is 5. The number of piperazine rings is 1. The summed E-state index contributed by atoms with van der Waals surface area (Å²) in [4.78, 5) is 14.1. The molecule has 1 saturated heterocycles. The molecule has 0 aromatic heterocycles. The van der Waals surface area contributed by atoms with Crippen molar-refractivity contribution >= 4 is 11.6 Å². The summed E-state index contributed by atoms with van der Waals surface area (Å²) in [5, 5.41) is 6.18. The standard InChI is InChI=1S/C14H20N3O/c18-14(16-13-5-2-1-3-6-13)7-4-10-17-11-8-15-9-12-17/h1-3,5,15H,4,7-12H2,(H,16,18). The molecule has 0 atom stereocenters. The lowest BCUT2D eigenvalue weighted by atomic mass is 10.2. The smallest absolute Gasteiger partial charge is 0.224 e. The molecule has 0 spiro atoms. The van der Waals surface area contributed by atoms with Gasteiger partial charge in [0.05, 0.1) is 0 Å². The minimum atomic E-state index is 0.0765. The van der Waals surface area contributed by atoms with E-state index in [-0.39, 0.29) is 5.91 Å². The summed E-state index contributed by atoms with van der Waals surface area (Å²) < 4.78 is 0. The van der Waals surface area contributed by atoms with Gasteiger partial charge >= 0.3 is 0 Å². The van der Waals surface area contributed by atoms with E-state index >= 15 is 0 Å². The second kappa shape index (κ2) is 7.13. The molecule has 1 aromatic carbocycles. The molecule has 4 nitrogen and oxygen atoms in total. The minimum absolute atomic E-state index is 0.0765. The largest absolute Gasteiger partial charge is 0.326 e. The van der Waals surface area contributed by atoms with Gasteiger partial charge in [-0.15, -0.1) is 0 Å². The topological polar surface area (TPSA) is 44.4 Å². The van der Waals surface area contributed by atoms with Crippen molar-refractivity contribution in [2.24, 2.45) is 0 Å². The number of nitrogens with one attached hydrogen (secondary N) is 2. The Labute approximate surface area is 108 Å². The maximum atomic E-state index is 11.7. The quantitative estimate of drug-likeness (QED) is 0.818. The molecule has 0 unspecified atom stereocenters. The Hall–Kier alpha value is -1.39. The molecule has 1 aliphatic rings. The van der Waals surface area contributed by atoms with Crippen LogP contribution in [0.3, 0.4) is 0 Å². The third-order valence-electron chi connectivity index (χ3n) is 3.07. The second-order valence-electron chi connectivity index (χ2n) is 4.52. The van der Waals surface area contributed by atoms with Crippen LogP contribution in [0.4, 0.5) is 5.69 Å². The molecule has 18 heavy (non-hydrogen) atoms. The van der Waals surface area contributed by atoms with E-state index in [0.29, 0.717) is 6.42 Å². The Balaban J connectivity index is 1.62. The molecule has 4 heteroatoms. The molecule has 1 aromatic rings. The lowest BCUT2D eigenvalue weighted by Crippen LogP contribution is -2.43. The molecule has 1 aliphatic heterocycles. The average Bonchev–Trinajstić information content (AvgIpc) is 2.41. The summed E-state index contributed by atoms with van der Waals surface area (Å²) in [7, 11) is 0. The van der Waals surface area contributed by atoms with Crippen LogP contribution in [0, 0.1) is 6.07 Å². The van der Waals surface area contributed by atoms with Crippen LogP contribution in [0.5, 0.6) is 0 Å². The molecule has 1 heterocycles. The number of anilines is 1. The van der Waals surface area contributed by atoms with Gasteiger partial charge in [-0.3, -0.25) is 4.79 Å². The lowest BCUT2D eigenvalue weighted by molar-refractivity contribution is -0.116. The molecule has 2 N–H and O–H groups in total. The van der Waals surface area contributed by atoms with E-state index in [1.165, 1.54) is 0 Å². The Bertz CT molecular complexity index is 361. The minimum Gasteiger partial charge on any atom is -0.326 e. The van der Waals surface area contributed by atoms with Crippen LogP contribution >= 0.6 is 0 Å². The number of amides is 1. The molecular formula is C14H20N3O. The zero-order valence-corrected chi connectivity index (χ0v) is 10.6. The zero-order valence-electron chi connectivity index (χ0n) is 10.6. The fourth-order valence-electron chi connectivity index (χ4n) is 2.08. The van der Waals surface area contributed by atoms with Crippen molar-refractivity contribution in [1.82, 2.24) is 10.2 Å². The van der Waals surface area contributed by atoms with Crippen LogP contribution < -0.4 is 10.6 Å². The van der Waals surface area contributed by atoms with Crippen molar-refractivity contribution in [2.75, 3.05) is 38.0 Å². The summed E-state index contributed by atoms with van der Waals surface area (Å²) in [5.74, 6) is 0.0765. The van der Waals surface area contributed by atoms with Gasteiger partial charge in [0.2, 0.25) is 5.91 Å². The van der Waals surface area contributed by atoms with Crippen molar-refractivity contribution in [1.29, 1.82) is 0 Å². The number of para-hydroxylation sites is 1. The predicted molar refractivity (Wildman–Crippen MR) is 72.5 cm³/mol. The van der Waals surface area contributed by atoms with Crippen molar-refractivity contribution in [3.63, 3.8) is 0 Å². The molecule has 2 rings (SSSR count). The number of nitrogens with zero attached hydrogens (tertiary/aromatic N) is 1. The highest BCUT2D eigenvalue weighted by Crippen LogP contribution is 2.05. The molecule has 1 amide bonds. The van der Waals surface area contributed by atoms with Crippen LogP contribution in [-0.4, -0.2) is 43.5 Å². The molecular weight excluding hydrogens is 226 g/mol. The SMILES string of the molecule is O=C(CCCN1CCNCC1)Nc1[c]cccc1. The third-order valence-corrected chi connectivity index (χ3v) is 3.07. The Morgan fingerprint density at radius 2 is 2.22 bits per heavy atom. The van der Waals surface area contributed by atoms with Gasteiger partial charge in [-0.05, 0) is 19.0 Å². The molecule has 1 fully saturated rings. The number of benzene rings is 1. The summed E-state index contributed by atoms with van der Waals surface area (Å²) in [6.07, 6.45) is 1.49. The van der Waals surface area contributed by atoms with Crippen LogP contribution in [0.25, 0.3) is 0 Å². The first-order chi connectivity index (χ1) is 8.84. The summed E-state index contributed by atoms with van der Waals surface area (Å²) in [6.45, 7) is 5.31. The summed E-state index contributed by atoms with van der Waals surface area (Å²) in [5.41, 5.74) is 0.754. The molecule has 1 radical (unpaired) electrons. The van der Waals surface area contributed by atoms with Gasteiger partial charge in [0.15, 0.2) is 0 Å². The molecule has 0 aliphatic carbocycles. The first kappa shape index (κ1) is 13.1. The van der Waals surface area contributed by atoms with E-state index in [1.54, 1.807) is 6.07 Å². The van der Waals surface area contributed by atoms with Gasteiger partial charge in [-0.25, -0.2) is 0 Å². The van der Waals surface area contributed by atoms with E-state index in [2.05, 4.69) is 21.6 Å². The normalized spacial score (nSPS) is 16.4. The number of hydrogen-bond acceptors (Lipinski definition) is 3. The number of carbonyl (C=O) groups is 1. The first-order valence-corrected chi connectivity index (χ1v) is 6.54. The lowest BCUT2D eigenvalue weighted by Gasteiger charge is -2.26. The van der Waals surface area contributed by atoms with Gasteiger partial charge in [0.1, 0.15) is 0 Å². The molecule has 97 valence electrons. The Morgan fingerprint density at radius 3 is 2.94 bits per heavy atom. The number of carbonyl (C=O) groups excluding carboxylic acids is 1. The maximum Gasteiger partial charge on any atom is 0.224 e. The zero-order chi connectivity index (χ0) is 12.6. The van der Waals surface area contributed by atoms with Gasteiger partial charge in [0.25, 0.3) is 0 Å². The van der Waals surface area contributed by atoms with Gasteiger partial charge in [-0.2, -0.15) is 0 Å². The van der Waals surface area contributed by atoms with E-state index in [4.69, 9.17) is 0 Å². The highest BCUT2D eigenvalue weighted by atomic mass is 16.1. The highest BCUT2D eigenvalue weighted by Gasteiger charge is 2.09. The Morgan fingerprint density at radius 1 is 1.39 bits per heavy atom. The Kier molecular flexibility index (Phi) is 5.17. The van der Waals surface area contributed by atoms with Crippen LogP contribution in [0.1, 0.15) is 12.8 Å². The number of hydrogen-bond donors (Lipinski definition) is 2. The van der Waals surface area contributed by atoms with Crippen molar-refractivity contribution in [3.8, 4) is 0 Å². The first-order valence-electron chi connectivity index (χ1n) is 6.54. The van der Waals surface area contributed by atoms with Gasteiger partial charge < -0.3 is 15.5 Å². The van der Waals surface area contributed by atoms with Crippen molar-refractivity contribution < 1.29 is 4.79 Å². The van der Waals surface area contributed by atoms with Gasteiger partial charge in [0, 0.05) is 44.4 Å². The maximum absolute atomic E-state index is 11.7. The second-order valence-corrected chi connectivity index (χ2v) is 4.52. The van der Waals surface area contributed by atoms with Crippen LogP contribution in [0.15, 0.2) is 24.3 Å². The van der Waals surface area contributed by atoms with Crippen LogP contribution in [0.2, 0.25) is 0 Å². The van der Waals surface area contributed by atoms with E-state index in [1.807, 2.05) is 18.2 Å². The van der Waals surface area contributed by atoms with E-state index in [9.17, 15) is 4.79 Å². The fraction of sp³-hybridized carbons (Fsp3) is 0.500. The van der Waals surface area contributed by atoms with E-state index < -0.39 is 0 Å². The highest BCUT2D eigenvalue weighted by molar-refractivity contribution is 5.90. The summed E-state index contributed by atoms with van der Waals surface area (Å²) in [6, 6.07) is 10.4. The summed E-state index contributed by atoms with van der Waals surface area (Å²) >= 11 is 0. The monoisotopic (exact) mass is 246 g/mol. The predicted octanol–water partition coefficient (Wildman–Crippen LogP) is 1.11. The molecule has 0 saturated carbocycles. The van der Waals surface area contributed by atoms with Crippen molar-refractivity contribution in [2.45, 2.75) is 12.8 Å². The van der Waals surface area contributed by atoms with Crippen LogP contribution in [-0.2, 0) is 4.79 Å².